The van der Waals surface area contributed by atoms with Crippen molar-refractivity contribution < 1.29 is 4.79 Å². The normalized spacial score (nSPS) is 22.7. The lowest BCUT2D eigenvalue weighted by molar-refractivity contribution is -0.107. The number of hydrogen-bond donors (Lipinski definition) is 0. The zero-order valence-corrected chi connectivity index (χ0v) is 8.97. The van der Waals surface area contributed by atoms with Gasteiger partial charge in [0, 0.05) is 12.1 Å². The van der Waals surface area contributed by atoms with Crippen molar-refractivity contribution in [2.75, 3.05) is 13.1 Å². The van der Waals surface area contributed by atoms with Crippen molar-refractivity contribution in [1.29, 1.82) is 0 Å². The zero-order chi connectivity index (χ0) is 9.90. The van der Waals surface area contributed by atoms with Crippen LogP contribution in [0.1, 0.15) is 26.7 Å². The molecule has 0 bridgehead atoms. The Morgan fingerprint density at radius 2 is 2.31 bits per heavy atom. The third-order valence-corrected chi connectivity index (χ3v) is 2.77. The third kappa shape index (κ3) is 3.12. The van der Waals surface area contributed by atoms with E-state index in [0.29, 0.717) is 0 Å². The number of rotatable bonds is 3. The molecule has 1 aliphatic heterocycles. The van der Waals surface area contributed by atoms with E-state index in [-0.39, 0.29) is 5.54 Å². The molecule has 74 valence electrons. The van der Waals surface area contributed by atoms with Gasteiger partial charge in [-0.25, -0.2) is 0 Å². The number of carbonyl (C=O) groups excluding carboxylic acids is 1. The molecule has 0 N–H and O–H groups in total. The van der Waals surface area contributed by atoms with Crippen molar-refractivity contribution in [3.05, 3.63) is 12.2 Å². The van der Waals surface area contributed by atoms with Gasteiger partial charge in [0.25, 0.3) is 0 Å². The summed E-state index contributed by atoms with van der Waals surface area (Å²) in [7, 11) is 0. The molecular formula is C10H16ClNO. The van der Waals surface area contributed by atoms with Crippen LogP contribution >= 0.6 is 11.6 Å². The number of likely N-dealkylation sites (tertiary alicyclic amines) is 1. The average Bonchev–Trinajstić information content (AvgIpc) is 2.30. The Bertz CT molecular complexity index is 223. The van der Waals surface area contributed by atoms with Gasteiger partial charge in [0.05, 0.1) is 0 Å². The van der Waals surface area contributed by atoms with Crippen molar-refractivity contribution >= 4 is 16.8 Å². The monoisotopic (exact) mass is 201 g/mol. The lowest BCUT2D eigenvalue weighted by atomic mass is 10.0. The zero-order valence-electron chi connectivity index (χ0n) is 8.22. The minimum Gasteiger partial charge on any atom is -0.295 e. The van der Waals surface area contributed by atoms with Crippen LogP contribution < -0.4 is 0 Å². The van der Waals surface area contributed by atoms with Crippen LogP contribution in [-0.2, 0) is 4.79 Å². The van der Waals surface area contributed by atoms with Crippen LogP contribution in [0.5, 0.6) is 0 Å². The Morgan fingerprint density at radius 3 is 2.77 bits per heavy atom. The molecule has 0 spiro atoms. The number of nitrogens with zero attached hydrogens (tertiary/aromatic N) is 1. The van der Waals surface area contributed by atoms with Gasteiger partial charge < -0.3 is 0 Å². The average molecular weight is 202 g/mol. The molecule has 1 heterocycles. The minimum absolute atomic E-state index is 0.277. The molecule has 0 aromatic rings. The van der Waals surface area contributed by atoms with Gasteiger partial charge in [0.2, 0.25) is 5.24 Å². The van der Waals surface area contributed by atoms with E-state index in [9.17, 15) is 4.79 Å². The van der Waals surface area contributed by atoms with E-state index in [1.807, 2.05) is 6.08 Å². The van der Waals surface area contributed by atoms with Crippen LogP contribution in [0.15, 0.2) is 12.2 Å². The van der Waals surface area contributed by atoms with Crippen molar-refractivity contribution in [3.8, 4) is 0 Å². The van der Waals surface area contributed by atoms with E-state index >= 15 is 0 Å². The fourth-order valence-corrected chi connectivity index (χ4v) is 1.86. The summed E-state index contributed by atoms with van der Waals surface area (Å²) in [6.45, 7) is 6.41. The van der Waals surface area contributed by atoms with Crippen LogP contribution in [0.2, 0.25) is 0 Å². The Hall–Kier alpha value is -0.340. The van der Waals surface area contributed by atoms with Gasteiger partial charge in [-0.3, -0.25) is 9.69 Å². The van der Waals surface area contributed by atoms with Crippen LogP contribution in [0, 0.1) is 0 Å². The summed E-state index contributed by atoms with van der Waals surface area (Å²) in [6.07, 6.45) is 5.74. The van der Waals surface area contributed by atoms with Crippen LogP contribution in [0.4, 0.5) is 0 Å². The summed E-state index contributed by atoms with van der Waals surface area (Å²) in [5.41, 5.74) is 0.277. The molecule has 2 nitrogen and oxygen atoms in total. The molecule has 0 aliphatic carbocycles. The maximum Gasteiger partial charge on any atom is 0.244 e. The van der Waals surface area contributed by atoms with Crippen molar-refractivity contribution in [2.45, 2.75) is 32.2 Å². The summed E-state index contributed by atoms with van der Waals surface area (Å²) in [5.74, 6) is 0. The molecule has 1 rings (SSSR count). The third-order valence-electron chi connectivity index (χ3n) is 2.65. The first-order valence-corrected chi connectivity index (χ1v) is 5.01. The summed E-state index contributed by atoms with van der Waals surface area (Å²) in [6, 6.07) is 0. The molecule has 3 heteroatoms. The smallest absolute Gasteiger partial charge is 0.244 e. The highest BCUT2D eigenvalue weighted by atomic mass is 35.5. The predicted molar refractivity (Wildman–Crippen MR) is 54.9 cm³/mol. The topological polar surface area (TPSA) is 20.3 Å². The quantitative estimate of drug-likeness (QED) is 0.516. The van der Waals surface area contributed by atoms with Gasteiger partial charge >= 0.3 is 0 Å². The molecule has 0 aromatic heterocycles. The summed E-state index contributed by atoms with van der Waals surface area (Å²) in [4.78, 5) is 12.8. The minimum atomic E-state index is -0.392. The Kier molecular flexibility index (Phi) is 3.51. The number of halogens is 1. The lowest BCUT2D eigenvalue weighted by Gasteiger charge is -2.30. The molecule has 13 heavy (non-hydrogen) atoms. The number of allylic oxidation sites excluding steroid dienone is 1. The Balaban J connectivity index is 2.41. The SMILES string of the molecule is CC1(C)CCCN1C/C=C/C(=O)Cl. The van der Waals surface area contributed by atoms with Crippen LogP contribution in [0.3, 0.4) is 0 Å². The van der Waals surface area contributed by atoms with Gasteiger partial charge in [-0.05, 0) is 50.9 Å². The highest BCUT2D eigenvalue weighted by molar-refractivity contribution is 6.66. The van der Waals surface area contributed by atoms with E-state index in [2.05, 4.69) is 18.7 Å². The van der Waals surface area contributed by atoms with Gasteiger partial charge in [0.15, 0.2) is 0 Å². The Labute approximate surface area is 84.6 Å². The number of hydrogen-bond acceptors (Lipinski definition) is 2. The predicted octanol–water partition coefficient (Wildman–Crippen LogP) is 2.18. The molecule has 0 saturated carbocycles. The van der Waals surface area contributed by atoms with Crippen LogP contribution in [-0.4, -0.2) is 28.8 Å². The largest absolute Gasteiger partial charge is 0.295 e. The van der Waals surface area contributed by atoms with Gasteiger partial charge in [-0.2, -0.15) is 0 Å². The fraction of sp³-hybridized carbons (Fsp3) is 0.700. The summed E-state index contributed by atoms with van der Waals surface area (Å²) in [5, 5.41) is -0.392. The van der Waals surface area contributed by atoms with E-state index in [1.54, 1.807) is 0 Å². The van der Waals surface area contributed by atoms with E-state index in [0.717, 1.165) is 13.1 Å². The maximum atomic E-state index is 10.4. The first-order chi connectivity index (χ1) is 6.02. The van der Waals surface area contributed by atoms with E-state index in [1.165, 1.54) is 18.9 Å². The summed E-state index contributed by atoms with van der Waals surface area (Å²) >= 11 is 5.19. The molecule has 0 aromatic carbocycles. The molecule has 1 fully saturated rings. The van der Waals surface area contributed by atoms with E-state index < -0.39 is 5.24 Å². The second-order valence-corrected chi connectivity index (χ2v) is 4.44. The second-order valence-electron chi connectivity index (χ2n) is 4.07. The highest BCUT2D eigenvalue weighted by Crippen LogP contribution is 2.27. The molecule has 0 atom stereocenters. The molecular weight excluding hydrogens is 186 g/mol. The second kappa shape index (κ2) is 4.25. The standard InChI is InChI=1S/C10H16ClNO/c1-10(2)6-4-8-12(10)7-3-5-9(11)13/h3,5H,4,6-8H2,1-2H3/b5-3+. The van der Waals surface area contributed by atoms with Crippen molar-refractivity contribution in [2.24, 2.45) is 0 Å². The maximum absolute atomic E-state index is 10.4. The fourth-order valence-electron chi connectivity index (χ4n) is 1.77. The van der Waals surface area contributed by atoms with Gasteiger partial charge in [0.1, 0.15) is 0 Å². The highest BCUT2D eigenvalue weighted by Gasteiger charge is 2.30. The molecule has 0 unspecified atom stereocenters. The first-order valence-electron chi connectivity index (χ1n) is 4.63. The molecule has 0 amide bonds. The van der Waals surface area contributed by atoms with Crippen LogP contribution in [0.25, 0.3) is 0 Å². The summed E-state index contributed by atoms with van der Waals surface area (Å²) < 4.78 is 0. The molecule has 1 aliphatic rings. The van der Waals surface area contributed by atoms with Crippen molar-refractivity contribution in [3.63, 3.8) is 0 Å². The number of carbonyl (C=O) groups is 1. The molecule has 1 saturated heterocycles. The van der Waals surface area contributed by atoms with Gasteiger partial charge in [-0.15, -0.1) is 0 Å². The van der Waals surface area contributed by atoms with E-state index in [4.69, 9.17) is 11.6 Å². The first kappa shape index (κ1) is 10.7. The van der Waals surface area contributed by atoms with Crippen molar-refractivity contribution in [1.82, 2.24) is 4.90 Å². The Morgan fingerprint density at radius 1 is 1.62 bits per heavy atom. The van der Waals surface area contributed by atoms with Gasteiger partial charge in [-0.1, -0.05) is 6.08 Å². The lowest BCUT2D eigenvalue weighted by Crippen LogP contribution is -2.38. The molecule has 0 radical (unpaired) electrons.